The van der Waals surface area contributed by atoms with Gasteiger partial charge in [-0.15, -0.1) is 11.3 Å². The average molecular weight is 492 g/mol. The van der Waals surface area contributed by atoms with Crippen molar-refractivity contribution in [1.82, 2.24) is 4.31 Å². The third kappa shape index (κ3) is 4.66. The fourth-order valence-electron chi connectivity index (χ4n) is 4.26. The molecule has 1 aromatic carbocycles. The van der Waals surface area contributed by atoms with E-state index in [0.717, 1.165) is 39.6 Å². The van der Waals surface area contributed by atoms with E-state index in [-0.39, 0.29) is 11.4 Å². The summed E-state index contributed by atoms with van der Waals surface area (Å²) in [6, 6.07) is 5.42. The molecule has 0 saturated carbocycles. The minimum atomic E-state index is -3.87. The second kappa shape index (κ2) is 9.24. The van der Waals surface area contributed by atoms with Crippen LogP contribution >= 0.6 is 11.3 Å². The minimum absolute atomic E-state index is 0.107. The van der Waals surface area contributed by atoms with Crippen molar-refractivity contribution in [2.24, 2.45) is 5.73 Å². The largest absolute Gasteiger partial charge is 0.454 e. The van der Waals surface area contributed by atoms with Gasteiger partial charge < -0.3 is 15.8 Å². The Kier molecular flexibility index (Phi) is 6.55. The molecule has 1 aliphatic carbocycles. The van der Waals surface area contributed by atoms with E-state index in [9.17, 15) is 22.8 Å². The van der Waals surface area contributed by atoms with Crippen molar-refractivity contribution < 1.29 is 27.5 Å². The molecule has 1 atom stereocenters. The first kappa shape index (κ1) is 23.4. The molecule has 4 rings (SSSR count). The van der Waals surface area contributed by atoms with Crippen LogP contribution in [-0.4, -0.2) is 49.7 Å². The van der Waals surface area contributed by atoms with Crippen LogP contribution in [0.5, 0.6) is 0 Å². The Bertz CT molecular complexity index is 1200. The molecule has 2 aromatic rings. The Morgan fingerprint density at radius 3 is 2.61 bits per heavy atom. The third-order valence-corrected chi connectivity index (χ3v) is 9.00. The minimum Gasteiger partial charge on any atom is -0.454 e. The van der Waals surface area contributed by atoms with Crippen LogP contribution in [0.1, 0.15) is 45.6 Å². The summed E-state index contributed by atoms with van der Waals surface area (Å²) in [5.74, 6) is -2.00. The summed E-state index contributed by atoms with van der Waals surface area (Å²) < 4.78 is 32.3. The van der Waals surface area contributed by atoms with Crippen LogP contribution in [0.15, 0.2) is 29.2 Å². The van der Waals surface area contributed by atoms with Gasteiger partial charge in [-0.3, -0.25) is 14.4 Å². The highest BCUT2D eigenvalue weighted by Gasteiger charge is 2.40. The maximum atomic E-state index is 13.0. The number of nitrogens with zero attached hydrogens (tertiary/aromatic N) is 1. The second-order valence-corrected chi connectivity index (χ2v) is 11.2. The fourth-order valence-corrected chi connectivity index (χ4v) is 7.22. The Balaban J connectivity index is 1.40. The molecule has 0 unspecified atom stereocenters. The predicted octanol–water partition coefficient (Wildman–Crippen LogP) is 1.98. The number of sulfonamides is 1. The quantitative estimate of drug-likeness (QED) is 0.569. The van der Waals surface area contributed by atoms with Crippen LogP contribution in [0.3, 0.4) is 0 Å². The van der Waals surface area contributed by atoms with E-state index in [4.69, 9.17) is 10.5 Å². The van der Waals surface area contributed by atoms with Gasteiger partial charge in [-0.1, -0.05) is 17.7 Å². The summed E-state index contributed by atoms with van der Waals surface area (Å²) in [5, 5.41) is 2.97. The highest BCUT2D eigenvalue weighted by atomic mass is 32.2. The van der Waals surface area contributed by atoms with Crippen molar-refractivity contribution in [2.45, 2.75) is 50.0 Å². The van der Waals surface area contributed by atoms with Gasteiger partial charge in [-0.25, -0.2) is 8.42 Å². The number of anilines is 1. The van der Waals surface area contributed by atoms with Crippen molar-refractivity contribution in [3.63, 3.8) is 0 Å². The van der Waals surface area contributed by atoms with Crippen LogP contribution in [0.4, 0.5) is 5.00 Å². The number of thiophene rings is 1. The van der Waals surface area contributed by atoms with Gasteiger partial charge in [0, 0.05) is 11.4 Å². The summed E-state index contributed by atoms with van der Waals surface area (Å²) in [6.45, 7) is 1.47. The number of esters is 1. The van der Waals surface area contributed by atoms with Crippen LogP contribution in [-0.2, 0) is 37.2 Å². The molecule has 0 spiro atoms. The highest BCUT2D eigenvalue weighted by Crippen LogP contribution is 2.38. The number of fused-ring (bicyclic) bond motifs is 1. The molecule has 2 amide bonds. The molecule has 0 bridgehead atoms. The van der Waals surface area contributed by atoms with Crippen molar-refractivity contribution in [2.75, 3.05) is 18.5 Å². The van der Waals surface area contributed by atoms with E-state index in [1.54, 1.807) is 12.1 Å². The lowest BCUT2D eigenvalue weighted by Gasteiger charge is -2.22. The van der Waals surface area contributed by atoms with Crippen molar-refractivity contribution in [1.29, 1.82) is 0 Å². The topological polar surface area (TPSA) is 136 Å². The third-order valence-electron chi connectivity index (χ3n) is 5.87. The molecule has 1 aliphatic heterocycles. The summed E-state index contributed by atoms with van der Waals surface area (Å²) in [7, 11) is -3.87. The first-order valence-electron chi connectivity index (χ1n) is 10.7. The zero-order chi connectivity index (χ0) is 23.8. The lowest BCUT2D eigenvalue weighted by molar-refractivity contribution is -0.150. The number of hydrogen-bond acceptors (Lipinski definition) is 7. The first-order valence-corrected chi connectivity index (χ1v) is 12.9. The molecule has 1 aromatic heterocycles. The van der Waals surface area contributed by atoms with Gasteiger partial charge in [0.15, 0.2) is 6.61 Å². The van der Waals surface area contributed by atoms with Crippen molar-refractivity contribution >= 4 is 44.1 Å². The van der Waals surface area contributed by atoms with Gasteiger partial charge in [0.25, 0.3) is 11.8 Å². The molecule has 176 valence electrons. The maximum Gasteiger partial charge on any atom is 0.324 e. The number of nitrogens with one attached hydrogen (secondary N) is 1. The van der Waals surface area contributed by atoms with Crippen molar-refractivity contribution in [3.05, 3.63) is 45.8 Å². The smallest absolute Gasteiger partial charge is 0.324 e. The molecule has 3 N–H and O–H groups in total. The lowest BCUT2D eigenvalue weighted by Crippen LogP contribution is -2.42. The summed E-state index contributed by atoms with van der Waals surface area (Å²) in [4.78, 5) is 38.0. The average Bonchev–Trinajstić information content (AvgIpc) is 3.48. The van der Waals surface area contributed by atoms with E-state index >= 15 is 0 Å². The number of aryl methyl sites for hydroxylation is 2. The van der Waals surface area contributed by atoms with Gasteiger partial charge in [0.05, 0.1) is 10.5 Å². The molecule has 1 fully saturated rings. The van der Waals surface area contributed by atoms with Crippen molar-refractivity contribution in [3.8, 4) is 0 Å². The Labute approximate surface area is 196 Å². The van der Waals surface area contributed by atoms with E-state index in [1.165, 1.54) is 23.5 Å². The van der Waals surface area contributed by atoms with E-state index in [1.807, 2.05) is 6.92 Å². The number of carbonyl (C=O) groups excluding carboxylic acids is 3. The Hall–Kier alpha value is -2.76. The van der Waals surface area contributed by atoms with E-state index in [2.05, 4.69) is 5.32 Å². The van der Waals surface area contributed by atoms with Gasteiger partial charge in [0.1, 0.15) is 11.0 Å². The Morgan fingerprint density at radius 2 is 1.91 bits per heavy atom. The SMILES string of the molecule is Cc1ccc(S(=O)(=O)N2CCC[C@H]2C(=O)OCC(=O)Nc2sc3c(c2C(N)=O)CCC3)cc1. The maximum absolute atomic E-state index is 13.0. The number of primary amides is 1. The normalized spacial score (nSPS) is 18.2. The molecule has 2 aliphatic rings. The number of nitrogens with two attached hydrogens (primary N) is 1. The summed E-state index contributed by atoms with van der Waals surface area (Å²) in [5.41, 5.74) is 7.61. The van der Waals surface area contributed by atoms with Gasteiger partial charge in [0.2, 0.25) is 10.0 Å². The zero-order valence-corrected chi connectivity index (χ0v) is 19.8. The molecule has 2 heterocycles. The molecule has 11 heteroatoms. The van der Waals surface area contributed by atoms with Gasteiger partial charge in [-0.2, -0.15) is 4.31 Å². The lowest BCUT2D eigenvalue weighted by atomic mass is 10.1. The fraction of sp³-hybridized carbons (Fsp3) is 0.409. The highest BCUT2D eigenvalue weighted by molar-refractivity contribution is 7.89. The number of hydrogen-bond donors (Lipinski definition) is 2. The monoisotopic (exact) mass is 491 g/mol. The molecule has 33 heavy (non-hydrogen) atoms. The summed E-state index contributed by atoms with van der Waals surface area (Å²) >= 11 is 1.31. The van der Waals surface area contributed by atoms with Crippen LogP contribution < -0.4 is 11.1 Å². The number of carbonyl (C=O) groups is 3. The van der Waals surface area contributed by atoms with Crippen LogP contribution in [0, 0.1) is 6.92 Å². The van der Waals surface area contributed by atoms with E-state index < -0.39 is 40.5 Å². The number of rotatable bonds is 7. The number of ether oxygens (including phenoxy) is 1. The van der Waals surface area contributed by atoms with Crippen LogP contribution in [0.25, 0.3) is 0 Å². The molecule has 1 saturated heterocycles. The summed E-state index contributed by atoms with van der Waals surface area (Å²) in [6.07, 6.45) is 3.34. The van der Waals surface area contributed by atoms with Gasteiger partial charge in [-0.05, 0) is 56.7 Å². The zero-order valence-electron chi connectivity index (χ0n) is 18.1. The first-order chi connectivity index (χ1) is 15.7. The molecular formula is C22H25N3O6S2. The van der Waals surface area contributed by atoms with Gasteiger partial charge >= 0.3 is 5.97 Å². The standard InChI is InChI=1S/C22H25N3O6S2/c1-13-7-9-14(10-8-13)33(29,30)25-11-3-5-16(25)22(28)31-12-18(26)24-21-19(20(23)27)15-4-2-6-17(15)32-21/h7-10,16H,2-6,11-12H2,1H3,(H2,23,27)(H,24,26)/t16-/m0/s1. The van der Waals surface area contributed by atoms with E-state index in [0.29, 0.717) is 23.4 Å². The van der Waals surface area contributed by atoms with Crippen LogP contribution in [0.2, 0.25) is 0 Å². The Morgan fingerprint density at radius 1 is 1.18 bits per heavy atom. The predicted molar refractivity (Wildman–Crippen MR) is 123 cm³/mol. The second-order valence-electron chi connectivity index (χ2n) is 8.17. The number of amides is 2. The molecule has 9 nitrogen and oxygen atoms in total. The number of benzene rings is 1. The molecular weight excluding hydrogens is 466 g/mol. The molecule has 0 radical (unpaired) electrons.